The lowest BCUT2D eigenvalue weighted by molar-refractivity contribution is -0.173. The first-order valence-corrected chi connectivity index (χ1v) is 5.56. The highest BCUT2D eigenvalue weighted by Crippen LogP contribution is 2.22. The van der Waals surface area contributed by atoms with E-state index in [4.69, 9.17) is 10.2 Å². The summed E-state index contributed by atoms with van der Waals surface area (Å²) in [6.07, 6.45) is -5.45. The van der Waals surface area contributed by atoms with Crippen LogP contribution in [0.3, 0.4) is 0 Å². The molecule has 0 saturated heterocycles. The summed E-state index contributed by atoms with van der Waals surface area (Å²) in [7, 11) is 0. The van der Waals surface area contributed by atoms with E-state index in [0.29, 0.717) is 5.56 Å². The van der Waals surface area contributed by atoms with Gasteiger partial charge in [-0.2, -0.15) is 13.2 Å². The van der Waals surface area contributed by atoms with E-state index in [-0.39, 0.29) is 5.75 Å². The van der Waals surface area contributed by atoms with Gasteiger partial charge in [0.05, 0.1) is 6.42 Å². The van der Waals surface area contributed by atoms with Crippen LogP contribution >= 0.6 is 0 Å². The van der Waals surface area contributed by atoms with Crippen LogP contribution in [0.4, 0.5) is 13.2 Å². The van der Waals surface area contributed by atoms with Gasteiger partial charge in [0.25, 0.3) is 0 Å². The Morgan fingerprint density at radius 3 is 2.20 bits per heavy atom. The minimum Gasteiger partial charge on any atom is -0.508 e. The van der Waals surface area contributed by atoms with Crippen molar-refractivity contribution in [3.8, 4) is 5.75 Å². The summed E-state index contributed by atoms with van der Waals surface area (Å²) in [6.45, 7) is -0.463. The third kappa shape index (κ3) is 4.79. The quantitative estimate of drug-likeness (QED) is 0.769. The number of benzene rings is 1. The first-order valence-electron chi connectivity index (χ1n) is 5.56. The van der Waals surface area contributed by atoms with Crippen molar-refractivity contribution in [1.29, 1.82) is 0 Å². The molecule has 1 amide bonds. The number of phenols is 1. The minimum atomic E-state index is -5.01. The number of hydrogen-bond donors (Lipinski definition) is 3. The Labute approximate surface area is 112 Å². The SMILES string of the molecule is O=C(O)CC(CNC(=O)C(F)(F)F)c1ccc(O)cc1. The van der Waals surface area contributed by atoms with Crippen molar-refractivity contribution in [2.75, 3.05) is 6.54 Å². The Kier molecular flexibility index (Phi) is 4.95. The van der Waals surface area contributed by atoms with E-state index in [2.05, 4.69) is 0 Å². The topological polar surface area (TPSA) is 86.6 Å². The number of carbonyl (C=O) groups is 2. The number of aliphatic carboxylic acids is 1. The van der Waals surface area contributed by atoms with Crippen molar-refractivity contribution in [1.82, 2.24) is 5.32 Å². The lowest BCUT2D eigenvalue weighted by Gasteiger charge is -2.17. The minimum absolute atomic E-state index is 0.0536. The molecule has 0 saturated carbocycles. The fraction of sp³-hybridized carbons (Fsp3) is 0.333. The van der Waals surface area contributed by atoms with Gasteiger partial charge in [0, 0.05) is 12.5 Å². The Morgan fingerprint density at radius 1 is 1.20 bits per heavy atom. The van der Waals surface area contributed by atoms with Crippen molar-refractivity contribution in [2.45, 2.75) is 18.5 Å². The molecule has 0 spiro atoms. The lowest BCUT2D eigenvalue weighted by Crippen LogP contribution is -2.39. The van der Waals surface area contributed by atoms with Crippen LogP contribution < -0.4 is 5.32 Å². The van der Waals surface area contributed by atoms with Gasteiger partial charge >= 0.3 is 18.1 Å². The molecule has 1 unspecified atom stereocenters. The molecule has 0 aliphatic heterocycles. The van der Waals surface area contributed by atoms with Gasteiger partial charge in [-0.3, -0.25) is 9.59 Å². The van der Waals surface area contributed by atoms with Crippen LogP contribution in [0.25, 0.3) is 0 Å². The van der Waals surface area contributed by atoms with Crippen molar-refractivity contribution in [3.63, 3.8) is 0 Å². The summed E-state index contributed by atoms with van der Waals surface area (Å²) < 4.78 is 36.2. The molecule has 1 aromatic rings. The number of carbonyl (C=O) groups excluding carboxylic acids is 1. The molecule has 110 valence electrons. The standard InChI is InChI=1S/C12H12F3NO4/c13-12(14,15)11(20)16-6-8(5-10(18)19)7-1-3-9(17)4-2-7/h1-4,8,17H,5-6H2,(H,16,20)(H,18,19). The monoisotopic (exact) mass is 291 g/mol. The van der Waals surface area contributed by atoms with E-state index in [9.17, 15) is 22.8 Å². The van der Waals surface area contributed by atoms with Crippen LogP contribution in [-0.2, 0) is 9.59 Å². The van der Waals surface area contributed by atoms with Crippen LogP contribution in [0.15, 0.2) is 24.3 Å². The largest absolute Gasteiger partial charge is 0.508 e. The average molecular weight is 291 g/mol. The van der Waals surface area contributed by atoms with Crippen LogP contribution in [0, 0.1) is 0 Å². The zero-order valence-electron chi connectivity index (χ0n) is 10.1. The van der Waals surface area contributed by atoms with Crippen LogP contribution in [0.2, 0.25) is 0 Å². The summed E-state index contributed by atoms with van der Waals surface area (Å²) in [5.41, 5.74) is 0.410. The molecule has 20 heavy (non-hydrogen) atoms. The molecule has 0 aromatic heterocycles. The van der Waals surface area contributed by atoms with Gasteiger partial charge in [-0.1, -0.05) is 12.1 Å². The lowest BCUT2D eigenvalue weighted by atomic mass is 9.95. The number of amides is 1. The van der Waals surface area contributed by atoms with E-state index < -0.39 is 36.9 Å². The summed E-state index contributed by atoms with van der Waals surface area (Å²) in [6, 6.07) is 5.36. The molecule has 5 nitrogen and oxygen atoms in total. The molecule has 0 fully saturated rings. The summed E-state index contributed by atoms with van der Waals surface area (Å²) in [4.78, 5) is 21.4. The number of phenolic OH excluding ortho intramolecular Hbond substituents is 1. The predicted molar refractivity (Wildman–Crippen MR) is 62.2 cm³/mol. The Bertz CT molecular complexity index is 484. The van der Waals surface area contributed by atoms with Gasteiger partial charge in [0.1, 0.15) is 5.75 Å². The fourth-order valence-corrected chi connectivity index (χ4v) is 1.58. The molecule has 0 bridgehead atoms. The smallest absolute Gasteiger partial charge is 0.471 e. The van der Waals surface area contributed by atoms with Gasteiger partial charge in [-0.25, -0.2) is 0 Å². The summed E-state index contributed by atoms with van der Waals surface area (Å²) in [5, 5.41) is 19.5. The number of carboxylic acid groups (broad SMARTS) is 1. The molecule has 8 heteroatoms. The Hall–Kier alpha value is -2.25. The van der Waals surface area contributed by atoms with Gasteiger partial charge < -0.3 is 15.5 Å². The molecule has 0 aliphatic rings. The highest BCUT2D eigenvalue weighted by molar-refractivity contribution is 5.81. The molecular weight excluding hydrogens is 279 g/mol. The van der Waals surface area contributed by atoms with Gasteiger partial charge in [0.2, 0.25) is 0 Å². The molecule has 0 aliphatic carbocycles. The number of hydrogen-bond acceptors (Lipinski definition) is 3. The second kappa shape index (κ2) is 6.27. The zero-order valence-corrected chi connectivity index (χ0v) is 10.1. The molecule has 0 heterocycles. The van der Waals surface area contributed by atoms with Crippen molar-refractivity contribution >= 4 is 11.9 Å². The number of aromatic hydroxyl groups is 1. The number of carboxylic acids is 1. The van der Waals surface area contributed by atoms with E-state index in [1.165, 1.54) is 24.3 Å². The highest BCUT2D eigenvalue weighted by Gasteiger charge is 2.38. The molecule has 1 rings (SSSR count). The summed E-state index contributed by atoms with van der Waals surface area (Å²) in [5.74, 6) is -4.20. The summed E-state index contributed by atoms with van der Waals surface area (Å²) >= 11 is 0. The second-order valence-electron chi connectivity index (χ2n) is 4.09. The van der Waals surface area contributed by atoms with Crippen LogP contribution in [-0.4, -0.2) is 34.8 Å². The van der Waals surface area contributed by atoms with Crippen LogP contribution in [0.5, 0.6) is 5.75 Å². The maximum absolute atomic E-state index is 12.1. The van der Waals surface area contributed by atoms with Crippen molar-refractivity contribution < 1.29 is 33.0 Å². The number of nitrogens with one attached hydrogen (secondary N) is 1. The third-order valence-electron chi connectivity index (χ3n) is 2.55. The first kappa shape index (κ1) is 15.8. The number of rotatable bonds is 5. The van der Waals surface area contributed by atoms with E-state index in [0.717, 1.165) is 0 Å². The third-order valence-corrected chi connectivity index (χ3v) is 2.55. The molecular formula is C12H12F3NO4. The Balaban J connectivity index is 2.77. The number of halogens is 3. The van der Waals surface area contributed by atoms with E-state index >= 15 is 0 Å². The number of alkyl halides is 3. The highest BCUT2D eigenvalue weighted by atomic mass is 19.4. The molecule has 1 atom stereocenters. The van der Waals surface area contributed by atoms with Gasteiger partial charge in [0.15, 0.2) is 0 Å². The fourth-order valence-electron chi connectivity index (χ4n) is 1.58. The zero-order chi connectivity index (χ0) is 15.3. The van der Waals surface area contributed by atoms with Crippen molar-refractivity contribution in [2.24, 2.45) is 0 Å². The van der Waals surface area contributed by atoms with Crippen LogP contribution in [0.1, 0.15) is 17.9 Å². The molecule has 3 N–H and O–H groups in total. The second-order valence-corrected chi connectivity index (χ2v) is 4.09. The normalized spacial score (nSPS) is 12.8. The van der Waals surface area contributed by atoms with E-state index in [1.54, 1.807) is 5.32 Å². The molecule has 0 radical (unpaired) electrons. The van der Waals surface area contributed by atoms with Crippen molar-refractivity contribution in [3.05, 3.63) is 29.8 Å². The maximum atomic E-state index is 12.1. The van der Waals surface area contributed by atoms with Gasteiger partial charge in [-0.15, -0.1) is 0 Å². The first-order chi connectivity index (χ1) is 9.20. The van der Waals surface area contributed by atoms with Gasteiger partial charge in [-0.05, 0) is 17.7 Å². The predicted octanol–water partition coefficient (Wildman–Crippen LogP) is 1.63. The maximum Gasteiger partial charge on any atom is 0.471 e. The Morgan fingerprint density at radius 2 is 1.75 bits per heavy atom. The van der Waals surface area contributed by atoms with E-state index in [1.807, 2.05) is 0 Å². The average Bonchev–Trinajstić information content (AvgIpc) is 2.33. The molecule has 1 aromatic carbocycles.